The van der Waals surface area contributed by atoms with Crippen molar-refractivity contribution in [2.75, 3.05) is 13.1 Å². The minimum absolute atomic E-state index is 0.322. The summed E-state index contributed by atoms with van der Waals surface area (Å²) in [4.78, 5) is 2.59. The summed E-state index contributed by atoms with van der Waals surface area (Å²) in [6, 6.07) is 0.699. The van der Waals surface area contributed by atoms with Gasteiger partial charge in [0.2, 0.25) is 0 Å². The van der Waals surface area contributed by atoms with Gasteiger partial charge in [-0.3, -0.25) is 0 Å². The zero-order chi connectivity index (χ0) is 12.1. The lowest BCUT2D eigenvalue weighted by Gasteiger charge is -2.41. The van der Waals surface area contributed by atoms with E-state index in [4.69, 9.17) is 0 Å². The molecule has 2 nitrogen and oxygen atoms in total. The van der Waals surface area contributed by atoms with Crippen molar-refractivity contribution in [2.24, 2.45) is 0 Å². The molecule has 0 aromatic carbocycles. The van der Waals surface area contributed by atoms with Crippen molar-refractivity contribution >= 4 is 0 Å². The first-order valence-electron chi connectivity index (χ1n) is 7.70. The molecule has 2 saturated heterocycles. The molecule has 2 atom stereocenters. The molecule has 0 amide bonds. The van der Waals surface area contributed by atoms with Crippen LogP contribution in [0.3, 0.4) is 0 Å². The number of unbranched alkanes of at least 4 members (excludes halogenated alkanes) is 4. The van der Waals surface area contributed by atoms with Gasteiger partial charge in [-0.1, -0.05) is 39.0 Å². The van der Waals surface area contributed by atoms with Crippen LogP contribution >= 0.6 is 0 Å². The first-order valence-corrected chi connectivity index (χ1v) is 7.70. The molecule has 0 spiro atoms. The highest BCUT2D eigenvalue weighted by molar-refractivity contribution is 4.94. The number of piperidine rings is 1. The van der Waals surface area contributed by atoms with Gasteiger partial charge in [-0.15, -0.1) is 0 Å². The smallest absolute Gasteiger partial charge is 0.0674 e. The summed E-state index contributed by atoms with van der Waals surface area (Å²) in [5.41, 5.74) is -0.322. The molecule has 2 rings (SSSR count). The highest BCUT2D eigenvalue weighted by atomic mass is 16.3. The van der Waals surface area contributed by atoms with E-state index in [-0.39, 0.29) is 5.60 Å². The summed E-state index contributed by atoms with van der Waals surface area (Å²) < 4.78 is 0. The number of hydrogen-bond donors (Lipinski definition) is 1. The molecular formula is C15H29NO. The van der Waals surface area contributed by atoms with Gasteiger partial charge >= 0.3 is 0 Å². The predicted molar refractivity (Wildman–Crippen MR) is 72.2 cm³/mol. The summed E-state index contributed by atoms with van der Waals surface area (Å²) in [6.45, 7) is 4.66. The summed E-state index contributed by atoms with van der Waals surface area (Å²) in [5.74, 6) is 0. The SMILES string of the molecule is CCCCCCCC1(O)CCN2CCCC2C1. The minimum Gasteiger partial charge on any atom is -0.390 e. The van der Waals surface area contributed by atoms with Crippen LogP contribution in [0.5, 0.6) is 0 Å². The van der Waals surface area contributed by atoms with Gasteiger partial charge in [-0.2, -0.15) is 0 Å². The molecule has 0 aromatic heterocycles. The second-order valence-corrected chi connectivity index (χ2v) is 6.17. The molecule has 17 heavy (non-hydrogen) atoms. The van der Waals surface area contributed by atoms with Gasteiger partial charge in [-0.25, -0.2) is 0 Å². The van der Waals surface area contributed by atoms with Gasteiger partial charge in [0.1, 0.15) is 0 Å². The number of nitrogens with zero attached hydrogens (tertiary/aromatic N) is 1. The number of rotatable bonds is 6. The third kappa shape index (κ3) is 3.69. The van der Waals surface area contributed by atoms with Crippen LogP contribution in [-0.4, -0.2) is 34.7 Å². The van der Waals surface area contributed by atoms with Crippen molar-refractivity contribution < 1.29 is 5.11 Å². The van der Waals surface area contributed by atoms with E-state index in [1.54, 1.807) is 0 Å². The van der Waals surface area contributed by atoms with Crippen LogP contribution in [0.2, 0.25) is 0 Å². The fraction of sp³-hybridized carbons (Fsp3) is 1.00. The zero-order valence-corrected chi connectivity index (χ0v) is 11.5. The van der Waals surface area contributed by atoms with Gasteiger partial charge < -0.3 is 10.0 Å². The van der Waals surface area contributed by atoms with Crippen LogP contribution in [-0.2, 0) is 0 Å². The van der Waals surface area contributed by atoms with Gasteiger partial charge in [0.15, 0.2) is 0 Å². The fourth-order valence-electron chi connectivity index (χ4n) is 3.60. The average Bonchev–Trinajstić information content (AvgIpc) is 2.75. The average molecular weight is 239 g/mol. The maximum absolute atomic E-state index is 10.6. The normalized spacial score (nSPS) is 33.9. The molecule has 2 heterocycles. The Balaban J connectivity index is 1.68. The van der Waals surface area contributed by atoms with Crippen LogP contribution in [0, 0.1) is 0 Å². The molecule has 0 saturated carbocycles. The first-order chi connectivity index (χ1) is 8.23. The molecule has 2 unspecified atom stereocenters. The van der Waals surface area contributed by atoms with Crippen molar-refractivity contribution in [3.05, 3.63) is 0 Å². The summed E-state index contributed by atoms with van der Waals surface area (Å²) >= 11 is 0. The summed E-state index contributed by atoms with van der Waals surface area (Å²) in [5, 5.41) is 10.6. The molecule has 2 fully saturated rings. The van der Waals surface area contributed by atoms with Crippen molar-refractivity contribution in [1.29, 1.82) is 0 Å². The van der Waals surface area contributed by atoms with E-state index in [9.17, 15) is 5.11 Å². The van der Waals surface area contributed by atoms with E-state index in [0.29, 0.717) is 6.04 Å². The first kappa shape index (κ1) is 13.4. The Labute approximate surface area is 106 Å². The van der Waals surface area contributed by atoms with Crippen LogP contribution in [0.1, 0.15) is 71.1 Å². The molecule has 0 radical (unpaired) electrons. The fourth-order valence-corrected chi connectivity index (χ4v) is 3.60. The maximum atomic E-state index is 10.6. The quantitative estimate of drug-likeness (QED) is 0.719. The number of fused-ring (bicyclic) bond motifs is 1. The van der Waals surface area contributed by atoms with Crippen molar-refractivity contribution in [2.45, 2.75) is 82.8 Å². The van der Waals surface area contributed by atoms with Crippen molar-refractivity contribution in [1.82, 2.24) is 4.90 Å². The highest BCUT2D eigenvalue weighted by Crippen LogP contribution is 2.35. The van der Waals surface area contributed by atoms with E-state index in [1.165, 1.54) is 51.5 Å². The lowest BCUT2D eigenvalue weighted by atomic mass is 9.82. The molecule has 2 aliphatic rings. The molecule has 100 valence electrons. The Kier molecular flexibility index (Phi) is 4.87. The van der Waals surface area contributed by atoms with Crippen LogP contribution in [0.25, 0.3) is 0 Å². The van der Waals surface area contributed by atoms with Crippen molar-refractivity contribution in [3.8, 4) is 0 Å². The Morgan fingerprint density at radius 3 is 2.82 bits per heavy atom. The molecule has 0 aliphatic carbocycles. The Bertz CT molecular complexity index is 231. The Morgan fingerprint density at radius 1 is 1.18 bits per heavy atom. The van der Waals surface area contributed by atoms with Crippen LogP contribution in [0.4, 0.5) is 0 Å². The predicted octanol–water partition coefficient (Wildman–Crippen LogP) is 3.34. The topological polar surface area (TPSA) is 23.5 Å². The molecule has 0 aromatic rings. The second-order valence-electron chi connectivity index (χ2n) is 6.17. The number of hydrogen-bond acceptors (Lipinski definition) is 2. The largest absolute Gasteiger partial charge is 0.390 e. The van der Waals surface area contributed by atoms with Crippen LogP contribution in [0.15, 0.2) is 0 Å². The van der Waals surface area contributed by atoms with Crippen molar-refractivity contribution in [3.63, 3.8) is 0 Å². The van der Waals surface area contributed by atoms with Gasteiger partial charge in [-0.05, 0) is 38.6 Å². The molecular weight excluding hydrogens is 210 g/mol. The maximum Gasteiger partial charge on any atom is 0.0674 e. The van der Waals surface area contributed by atoms with E-state index in [0.717, 1.165) is 25.8 Å². The zero-order valence-electron chi connectivity index (χ0n) is 11.5. The summed E-state index contributed by atoms with van der Waals surface area (Å²) in [7, 11) is 0. The van der Waals surface area contributed by atoms with Crippen LogP contribution < -0.4 is 0 Å². The molecule has 1 N–H and O–H groups in total. The third-order valence-electron chi connectivity index (χ3n) is 4.72. The molecule has 0 bridgehead atoms. The Hall–Kier alpha value is -0.0800. The van der Waals surface area contributed by atoms with Gasteiger partial charge in [0.05, 0.1) is 5.60 Å². The van der Waals surface area contributed by atoms with E-state index < -0.39 is 0 Å². The second kappa shape index (κ2) is 6.19. The standard InChI is InChI=1S/C15H29NO/c1-2-3-4-5-6-9-15(17)10-12-16-11-7-8-14(16)13-15/h14,17H,2-13H2,1H3. The van der Waals surface area contributed by atoms with E-state index in [1.807, 2.05) is 0 Å². The van der Waals surface area contributed by atoms with E-state index >= 15 is 0 Å². The Morgan fingerprint density at radius 2 is 2.00 bits per heavy atom. The van der Waals surface area contributed by atoms with Gasteiger partial charge in [0, 0.05) is 12.6 Å². The highest BCUT2D eigenvalue weighted by Gasteiger charge is 2.39. The molecule has 2 aliphatic heterocycles. The summed E-state index contributed by atoms with van der Waals surface area (Å²) in [6.07, 6.45) is 12.3. The third-order valence-corrected chi connectivity index (χ3v) is 4.72. The number of aliphatic hydroxyl groups is 1. The minimum atomic E-state index is -0.322. The van der Waals surface area contributed by atoms with E-state index in [2.05, 4.69) is 11.8 Å². The lowest BCUT2D eigenvalue weighted by Crippen LogP contribution is -2.47. The lowest BCUT2D eigenvalue weighted by molar-refractivity contribution is -0.0434. The molecule has 2 heteroatoms. The monoisotopic (exact) mass is 239 g/mol. The van der Waals surface area contributed by atoms with Gasteiger partial charge in [0.25, 0.3) is 0 Å².